The first-order chi connectivity index (χ1) is 15.3. The lowest BCUT2D eigenvalue weighted by Gasteiger charge is -2.20. The molecule has 1 amide bonds. The normalized spacial score (nSPS) is 13.8. The average Bonchev–Trinajstić information content (AvgIpc) is 3.50. The zero-order valence-corrected chi connectivity index (χ0v) is 18.8. The molecule has 8 nitrogen and oxygen atoms in total. The van der Waals surface area contributed by atoms with Gasteiger partial charge in [0.15, 0.2) is 0 Å². The molecule has 0 unspecified atom stereocenters. The monoisotopic (exact) mass is 453 g/mol. The number of amides is 1. The minimum Gasteiger partial charge on any atom is -0.336 e. The van der Waals surface area contributed by atoms with E-state index in [1.807, 2.05) is 42.2 Å². The summed E-state index contributed by atoms with van der Waals surface area (Å²) in [6.07, 6.45) is 3.66. The van der Waals surface area contributed by atoms with Crippen LogP contribution in [0.2, 0.25) is 0 Å². The van der Waals surface area contributed by atoms with Crippen LogP contribution < -0.4 is 5.14 Å². The molecule has 1 aliphatic carbocycles. The van der Waals surface area contributed by atoms with Gasteiger partial charge in [-0.05, 0) is 55.0 Å². The summed E-state index contributed by atoms with van der Waals surface area (Å²) in [6.45, 7) is 3.45. The summed E-state index contributed by atoms with van der Waals surface area (Å²) in [5.74, 6) is 1.15. The number of benzene rings is 2. The summed E-state index contributed by atoms with van der Waals surface area (Å²) in [5.41, 5.74) is 1.64. The van der Waals surface area contributed by atoms with Crippen molar-refractivity contribution in [3.05, 3.63) is 71.8 Å². The Bertz CT molecular complexity index is 1190. The Balaban J connectivity index is 1.70. The number of primary sulfonamides is 1. The molecule has 1 aromatic heterocycles. The fourth-order valence-electron chi connectivity index (χ4n) is 3.61. The number of sulfonamides is 1. The molecule has 2 N–H and O–H groups in total. The molecule has 0 aliphatic heterocycles. The van der Waals surface area contributed by atoms with Crippen LogP contribution in [0.1, 0.15) is 48.2 Å². The van der Waals surface area contributed by atoms with E-state index in [0.717, 1.165) is 31.4 Å². The summed E-state index contributed by atoms with van der Waals surface area (Å²) < 4.78 is 24.8. The number of nitrogens with two attached hydrogens (primary N) is 1. The van der Waals surface area contributed by atoms with Gasteiger partial charge in [-0.2, -0.15) is 0 Å². The van der Waals surface area contributed by atoms with Crippen LogP contribution in [0.5, 0.6) is 0 Å². The van der Waals surface area contributed by atoms with E-state index in [2.05, 4.69) is 10.1 Å². The van der Waals surface area contributed by atoms with E-state index in [4.69, 9.17) is 5.14 Å². The Labute approximate surface area is 188 Å². The van der Waals surface area contributed by atoms with Gasteiger partial charge in [-0.15, -0.1) is 5.10 Å². The van der Waals surface area contributed by atoms with Crippen LogP contribution in [0.15, 0.2) is 59.5 Å². The third-order valence-electron chi connectivity index (χ3n) is 5.44. The molecule has 1 fully saturated rings. The van der Waals surface area contributed by atoms with Crippen molar-refractivity contribution in [3.63, 3.8) is 0 Å². The van der Waals surface area contributed by atoms with Crippen molar-refractivity contribution in [3.8, 4) is 5.69 Å². The molecule has 0 radical (unpaired) electrons. The van der Waals surface area contributed by atoms with Gasteiger partial charge in [-0.25, -0.2) is 23.2 Å². The van der Waals surface area contributed by atoms with Crippen LogP contribution in [0.4, 0.5) is 0 Å². The molecule has 2 aromatic carbocycles. The van der Waals surface area contributed by atoms with Gasteiger partial charge in [0.25, 0.3) is 5.91 Å². The Morgan fingerprint density at radius 2 is 1.81 bits per heavy atom. The van der Waals surface area contributed by atoms with Crippen molar-refractivity contribution in [1.82, 2.24) is 19.7 Å². The number of aromatic nitrogens is 3. The summed E-state index contributed by atoms with van der Waals surface area (Å²) in [6, 6.07) is 15.9. The van der Waals surface area contributed by atoms with Crippen molar-refractivity contribution in [2.45, 2.75) is 37.5 Å². The third-order valence-corrected chi connectivity index (χ3v) is 6.37. The Morgan fingerprint density at radius 3 is 2.41 bits per heavy atom. The number of hydrogen-bond acceptors (Lipinski definition) is 5. The fraction of sp³-hybridized carbons (Fsp3) is 0.348. The molecule has 168 valence electrons. The largest absolute Gasteiger partial charge is 0.336 e. The van der Waals surface area contributed by atoms with Gasteiger partial charge < -0.3 is 4.90 Å². The Morgan fingerprint density at radius 1 is 1.12 bits per heavy atom. The lowest BCUT2D eigenvalue weighted by Crippen LogP contribution is -2.34. The van der Waals surface area contributed by atoms with Crippen molar-refractivity contribution >= 4 is 15.9 Å². The van der Waals surface area contributed by atoms with E-state index >= 15 is 0 Å². The number of carbonyl (C=O) groups excluding carboxylic acids is 1. The third kappa shape index (κ3) is 5.23. The zero-order chi connectivity index (χ0) is 22.7. The van der Waals surface area contributed by atoms with Crippen LogP contribution in [0.25, 0.3) is 5.69 Å². The Hall–Kier alpha value is -3.04. The summed E-state index contributed by atoms with van der Waals surface area (Å²) >= 11 is 0. The molecule has 0 spiro atoms. The predicted molar refractivity (Wildman–Crippen MR) is 121 cm³/mol. The summed E-state index contributed by atoms with van der Waals surface area (Å²) in [7, 11) is -3.80. The maximum absolute atomic E-state index is 13.2. The zero-order valence-electron chi connectivity index (χ0n) is 18.0. The smallest absolute Gasteiger partial charge is 0.293 e. The van der Waals surface area contributed by atoms with Gasteiger partial charge in [0.05, 0.1) is 10.6 Å². The lowest BCUT2D eigenvalue weighted by molar-refractivity contribution is 0.0735. The summed E-state index contributed by atoms with van der Waals surface area (Å²) in [4.78, 5) is 19.7. The minimum absolute atomic E-state index is 0.0147. The van der Waals surface area contributed by atoms with E-state index in [1.165, 1.54) is 12.1 Å². The number of rotatable bonds is 9. The molecule has 9 heteroatoms. The topological polar surface area (TPSA) is 111 Å². The second kappa shape index (κ2) is 9.22. The highest BCUT2D eigenvalue weighted by atomic mass is 32.2. The van der Waals surface area contributed by atoms with Crippen molar-refractivity contribution in [2.24, 2.45) is 11.1 Å². The highest BCUT2D eigenvalue weighted by Crippen LogP contribution is 2.30. The van der Waals surface area contributed by atoms with Crippen LogP contribution in [-0.4, -0.2) is 47.1 Å². The van der Waals surface area contributed by atoms with Crippen molar-refractivity contribution < 1.29 is 13.2 Å². The number of hydrogen-bond donors (Lipinski definition) is 1. The molecule has 1 heterocycles. The maximum atomic E-state index is 13.2. The lowest BCUT2D eigenvalue weighted by atomic mass is 10.1. The van der Waals surface area contributed by atoms with Crippen LogP contribution >= 0.6 is 0 Å². The van der Waals surface area contributed by atoms with Crippen LogP contribution in [0, 0.1) is 5.92 Å². The van der Waals surface area contributed by atoms with Crippen LogP contribution in [0.3, 0.4) is 0 Å². The highest BCUT2D eigenvalue weighted by molar-refractivity contribution is 7.89. The predicted octanol–water partition coefficient (Wildman–Crippen LogP) is 2.77. The van der Waals surface area contributed by atoms with Gasteiger partial charge in [-0.1, -0.05) is 37.3 Å². The standard InChI is InChI=1S/C23H27N5O3S/c1-2-14-27(16-18-8-9-18)23(29)22-25-21(15-17-6-4-3-5-7-17)28(26-22)19-10-12-20(13-11-19)32(24,30)31/h3-7,10-13,18H,2,8-9,14-16H2,1H3,(H2,24,30,31). The van der Waals surface area contributed by atoms with E-state index < -0.39 is 10.0 Å². The minimum atomic E-state index is -3.80. The first kappa shape index (κ1) is 22.2. The SMILES string of the molecule is CCCN(CC1CC1)C(=O)c1nc(Cc2ccccc2)n(-c2ccc(S(N)(=O)=O)cc2)n1. The quantitative estimate of drug-likeness (QED) is 0.535. The second-order valence-electron chi connectivity index (χ2n) is 8.16. The Kier molecular flexibility index (Phi) is 6.38. The number of carbonyl (C=O) groups is 1. The molecule has 1 aliphatic rings. The molecule has 4 rings (SSSR count). The van der Waals surface area contributed by atoms with E-state index in [9.17, 15) is 13.2 Å². The van der Waals surface area contributed by atoms with Gasteiger partial charge in [0, 0.05) is 19.5 Å². The molecule has 0 atom stereocenters. The molecule has 0 bridgehead atoms. The first-order valence-electron chi connectivity index (χ1n) is 10.8. The van der Waals surface area contributed by atoms with Crippen molar-refractivity contribution in [2.75, 3.05) is 13.1 Å². The molecule has 3 aromatic rings. The highest BCUT2D eigenvalue weighted by Gasteiger charge is 2.29. The molecule has 1 saturated carbocycles. The molecular formula is C23H27N5O3S. The molecule has 32 heavy (non-hydrogen) atoms. The van der Waals surface area contributed by atoms with Gasteiger partial charge in [0.2, 0.25) is 15.8 Å². The number of nitrogens with zero attached hydrogens (tertiary/aromatic N) is 4. The van der Waals surface area contributed by atoms with Gasteiger partial charge in [0.1, 0.15) is 5.82 Å². The average molecular weight is 454 g/mol. The maximum Gasteiger partial charge on any atom is 0.293 e. The van der Waals surface area contributed by atoms with Crippen LogP contribution in [-0.2, 0) is 16.4 Å². The fourth-order valence-corrected chi connectivity index (χ4v) is 4.13. The molecular weight excluding hydrogens is 426 g/mol. The van der Waals surface area contributed by atoms with E-state index in [0.29, 0.717) is 30.4 Å². The second-order valence-corrected chi connectivity index (χ2v) is 9.72. The van der Waals surface area contributed by atoms with Crippen molar-refractivity contribution in [1.29, 1.82) is 0 Å². The first-order valence-corrected chi connectivity index (χ1v) is 12.3. The van der Waals surface area contributed by atoms with Gasteiger partial charge in [-0.3, -0.25) is 4.79 Å². The van der Waals surface area contributed by atoms with E-state index in [-0.39, 0.29) is 16.6 Å². The van der Waals surface area contributed by atoms with E-state index in [1.54, 1.807) is 16.8 Å². The molecule has 0 saturated heterocycles. The van der Waals surface area contributed by atoms with Gasteiger partial charge >= 0.3 is 0 Å². The summed E-state index contributed by atoms with van der Waals surface area (Å²) in [5, 5.41) is 9.75.